The number of nitrogens with zero attached hydrogens (tertiary/aromatic N) is 6. The average molecular weight is 1050 g/mol. The Morgan fingerprint density at radius 2 is 0.882 bits per heavy atom. The molecule has 2 aromatic heterocycles. The van der Waals surface area contributed by atoms with Gasteiger partial charge in [0.1, 0.15) is 11.6 Å². The van der Waals surface area contributed by atoms with Crippen LogP contribution in [-0.4, -0.2) is 206 Å². The van der Waals surface area contributed by atoms with Crippen LogP contribution in [0.15, 0.2) is 60.7 Å². The molecule has 2 heterocycles. The molecule has 4 aromatic rings. The number of hydrogen-bond acceptors (Lipinski definition) is 14. The van der Waals surface area contributed by atoms with Gasteiger partial charge in [0.15, 0.2) is 0 Å². The number of aromatic nitrogens is 4. The number of rotatable bonds is 20. The third-order valence-corrected chi connectivity index (χ3v) is 11.9. The molecule has 0 unspecified atom stereocenters. The molecule has 0 saturated heterocycles. The summed E-state index contributed by atoms with van der Waals surface area (Å²) in [5.41, 5.74) is 3.60. The van der Waals surface area contributed by atoms with Gasteiger partial charge in [0.2, 0.25) is 31.9 Å². The van der Waals surface area contributed by atoms with Crippen molar-refractivity contribution in [3.63, 3.8) is 0 Å². The molecule has 24 heteroatoms. The summed E-state index contributed by atoms with van der Waals surface area (Å²) in [7, 11) is -4.65. The molecule has 0 radical (unpaired) electrons. The van der Waals surface area contributed by atoms with E-state index in [4.69, 9.17) is 10.2 Å². The molecule has 0 fully saturated rings. The zero-order valence-electron chi connectivity index (χ0n) is 37.6. The molecule has 368 valence electrons. The maximum atomic E-state index is 13.5. The summed E-state index contributed by atoms with van der Waals surface area (Å²) in [4.78, 5) is 39.1. The van der Waals surface area contributed by atoms with Crippen molar-refractivity contribution in [2.24, 2.45) is 0 Å². The van der Waals surface area contributed by atoms with Crippen molar-refractivity contribution in [3.8, 4) is 22.5 Å². The molecule has 0 saturated carbocycles. The van der Waals surface area contributed by atoms with Crippen LogP contribution in [-0.2, 0) is 29.6 Å². The van der Waals surface area contributed by atoms with E-state index in [1.54, 1.807) is 0 Å². The monoisotopic (exact) mass is 1050 g/mol. The Labute approximate surface area is 455 Å². The molecule has 4 rings (SSSR count). The number of sulfonamides is 2. The van der Waals surface area contributed by atoms with Gasteiger partial charge in [-0.3, -0.25) is 9.59 Å². The van der Waals surface area contributed by atoms with E-state index in [9.17, 15) is 55.6 Å². The molecule has 0 aliphatic heterocycles. The van der Waals surface area contributed by atoms with Crippen molar-refractivity contribution in [1.29, 1.82) is 0 Å². The van der Waals surface area contributed by atoms with E-state index in [-0.39, 0.29) is 112 Å². The van der Waals surface area contributed by atoms with Crippen LogP contribution in [0.4, 0.5) is 20.7 Å². The molecule has 4 atom stereocenters. The van der Waals surface area contributed by atoms with Crippen molar-refractivity contribution < 1.29 is 65.8 Å². The Kier molecular flexibility index (Phi) is 25.8. The van der Waals surface area contributed by atoms with E-state index in [0.29, 0.717) is 45.0 Å². The first-order valence-corrected chi connectivity index (χ1v) is 24.0. The average Bonchev–Trinajstić information content (AvgIpc) is 3.20. The number of hydrogen-bond donors (Lipinski definition) is 6. The summed E-state index contributed by atoms with van der Waals surface area (Å²) in [5, 5.41) is 57.6. The molecule has 18 nitrogen and oxygen atoms in total. The van der Waals surface area contributed by atoms with Crippen molar-refractivity contribution >= 4 is 132 Å². The minimum atomic E-state index is -3.65. The Balaban J connectivity index is 0.000000661. The second-order valence-electron chi connectivity index (χ2n) is 16.0. The second kappa shape index (κ2) is 28.0. The van der Waals surface area contributed by atoms with Crippen LogP contribution in [0.25, 0.3) is 34.7 Å². The number of aliphatic carboxylic acids is 2. The van der Waals surface area contributed by atoms with E-state index >= 15 is 0 Å². The molecule has 0 aliphatic rings. The van der Waals surface area contributed by atoms with Crippen LogP contribution in [0.2, 0.25) is 0 Å². The van der Waals surface area contributed by atoms with Crippen LogP contribution >= 0.6 is 0 Å². The summed E-state index contributed by atoms with van der Waals surface area (Å²) in [5.74, 6) is -3.74. The van der Waals surface area contributed by atoms with Crippen molar-refractivity contribution in [2.45, 2.75) is 89.6 Å². The van der Waals surface area contributed by atoms with E-state index in [0.717, 1.165) is 21.1 Å². The van der Waals surface area contributed by atoms with Gasteiger partial charge in [0, 0.05) is 49.2 Å². The Morgan fingerprint density at radius 3 is 1.13 bits per heavy atom. The molecule has 6 N–H and O–H groups in total. The van der Waals surface area contributed by atoms with Crippen LogP contribution in [0.1, 0.15) is 87.7 Å². The summed E-state index contributed by atoms with van der Waals surface area (Å²) in [6.45, 7) is 7.41. The first kappa shape index (κ1) is 62.8. The van der Waals surface area contributed by atoms with Gasteiger partial charge in [-0.05, 0) is 60.4 Å². The van der Waals surface area contributed by atoms with Gasteiger partial charge >= 0.3 is 87.4 Å². The molecule has 0 aliphatic carbocycles. The Hall–Kier alpha value is -3.26. The minimum absolute atomic E-state index is 0. The zero-order valence-corrected chi connectivity index (χ0v) is 39.2. The predicted octanol–water partition coefficient (Wildman–Crippen LogP) is 2.97. The van der Waals surface area contributed by atoms with Gasteiger partial charge in [-0.1, -0.05) is 52.0 Å². The molecule has 0 amide bonds. The van der Waals surface area contributed by atoms with Crippen molar-refractivity contribution in [3.05, 3.63) is 94.8 Å². The van der Waals surface area contributed by atoms with Crippen LogP contribution in [0.3, 0.4) is 0 Å². The number of aliphatic hydroxyl groups excluding tert-OH is 4. The number of anilines is 2. The summed E-state index contributed by atoms with van der Waals surface area (Å²) in [6, 6.07) is 11.0. The Morgan fingerprint density at radius 1 is 0.588 bits per heavy atom. The summed E-state index contributed by atoms with van der Waals surface area (Å²) >= 11 is 0. The third-order valence-electron chi connectivity index (χ3n) is 9.63. The zero-order chi connectivity index (χ0) is 49.8. The first-order valence-electron chi connectivity index (χ1n) is 20.3. The van der Waals surface area contributed by atoms with Gasteiger partial charge < -0.3 is 30.6 Å². The van der Waals surface area contributed by atoms with E-state index in [1.807, 2.05) is 27.7 Å². The van der Waals surface area contributed by atoms with E-state index in [1.165, 1.54) is 86.9 Å². The fraction of sp³-hybridized carbons (Fsp3) is 0.409. The van der Waals surface area contributed by atoms with Crippen molar-refractivity contribution in [2.75, 3.05) is 35.2 Å². The van der Waals surface area contributed by atoms with Gasteiger partial charge in [0.05, 0.1) is 72.5 Å². The van der Waals surface area contributed by atoms with Crippen molar-refractivity contribution in [1.82, 2.24) is 19.9 Å². The second-order valence-corrected chi connectivity index (χ2v) is 20.0. The predicted molar refractivity (Wildman–Crippen MR) is 262 cm³/mol. The maximum absolute atomic E-state index is 13.5. The SMILES string of the molecule is CC(C)c1nc(N(C)S(C)(=O)=O)nc(-c2ccc(F)cc2)c1C=C[C@@H](O)C[C@@H](O)CC(=O)O.CC(C)c1nc(N(C)S(C)(=O)=O)nc(-c2ccc(F)cc2)c1C=C[C@@H](O)C[C@@H](O)CC(=O)O.[CaH2].[CaH2]. The molecular formula is C44H60Ca2F2N6O12S2. The number of carboxylic acid groups (broad SMARTS) is 2. The fourth-order valence-electron chi connectivity index (χ4n) is 6.09. The standard InChI is InChI=1S/2C22H28FN3O6S.2Ca.4H/c2*1-13(2)20-18(10-9-16(27)11-17(28)12-19(29)30)21(14-5-7-15(23)8-6-14)25-22(24-20)26(3)33(4,31)32;;;;;;/h2*5-10,13,16-17,27-28H,11-12H2,1-4H3,(H,29,30);;;;;;/t2*16-,17-;;;;;;/m11....../s1. The first-order chi connectivity index (χ1) is 30.6. The van der Waals surface area contributed by atoms with Gasteiger partial charge in [-0.15, -0.1) is 0 Å². The topological polar surface area (TPSA) is 282 Å². The van der Waals surface area contributed by atoms with Gasteiger partial charge in [0.25, 0.3) is 0 Å². The van der Waals surface area contributed by atoms with E-state index in [2.05, 4.69) is 19.9 Å². The van der Waals surface area contributed by atoms with Crippen LogP contribution in [0.5, 0.6) is 0 Å². The number of aliphatic hydroxyl groups is 4. The molecule has 68 heavy (non-hydrogen) atoms. The number of benzene rings is 2. The fourth-order valence-corrected chi connectivity index (χ4v) is 6.85. The molecular weight excluding hydrogens is 987 g/mol. The number of carbonyl (C=O) groups is 2. The molecule has 0 spiro atoms. The summed E-state index contributed by atoms with van der Waals surface area (Å²) in [6.07, 6.45) is 1.72. The number of carboxylic acids is 2. The molecule has 0 bridgehead atoms. The van der Waals surface area contributed by atoms with Gasteiger partial charge in [-0.2, -0.15) is 0 Å². The number of halogens is 2. The van der Waals surface area contributed by atoms with E-state index < -0.39 is 80.9 Å². The Bertz CT molecular complexity index is 2430. The van der Waals surface area contributed by atoms with Gasteiger partial charge in [-0.25, -0.2) is 54.2 Å². The third kappa shape index (κ3) is 19.5. The molecule has 2 aromatic carbocycles. The summed E-state index contributed by atoms with van der Waals surface area (Å²) < 4.78 is 77.2. The normalized spacial score (nSPS) is 13.5. The van der Waals surface area contributed by atoms with Crippen LogP contribution in [0, 0.1) is 11.6 Å². The quantitative estimate of drug-likeness (QED) is 0.0694. The van der Waals surface area contributed by atoms with Crippen LogP contribution < -0.4 is 8.61 Å².